The van der Waals surface area contributed by atoms with Gasteiger partial charge in [0.2, 0.25) is 11.8 Å². The lowest BCUT2D eigenvalue weighted by Gasteiger charge is -2.40. The van der Waals surface area contributed by atoms with Gasteiger partial charge in [0.05, 0.1) is 46.2 Å². The molecule has 6 aromatic heterocycles. The summed E-state index contributed by atoms with van der Waals surface area (Å²) in [6.07, 6.45) is 5.85. The molecule has 2 saturated heterocycles. The number of amides is 2. The summed E-state index contributed by atoms with van der Waals surface area (Å²) in [5.74, 6) is -2.86. The molecule has 4 aliphatic rings. The highest BCUT2D eigenvalue weighted by atomic mass is 35.5. The molecule has 2 aromatic carbocycles. The smallest absolute Gasteiger partial charge is 0.355 e. The zero-order valence-electron chi connectivity index (χ0n) is 46.4. The number of carbonyl (C=O) groups is 2. The Morgan fingerprint density at radius 3 is 1.36 bits per heavy atom. The van der Waals surface area contributed by atoms with E-state index in [1.54, 1.807) is 34.3 Å². The minimum Gasteiger partial charge on any atom is -0.489 e. The number of hydrogen-bond donors (Lipinski definition) is 0. The molecule has 2 atom stereocenters. The second-order valence-electron chi connectivity index (χ2n) is 21.3. The van der Waals surface area contributed by atoms with Gasteiger partial charge in [-0.2, -0.15) is 9.97 Å². The summed E-state index contributed by atoms with van der Waals surface area (Å²) in [6.45, 7) is 21.0. The van der Waals surface area contributed by atoms with E-state index in [4.69, 9.17) is 42.6 Å². The fraction of sp³-hybridized carbons (Fsp3) is 0.300. The number of aromatic nitrogens is 8. The van der Waals surface area contributed by atoms with Crippen LogP contribution in [0.15, 0.2) is 95.8 Å². The maximum Gasteiger partial charge on any atom is 0.355 e. The van der Waals surface area contributed by atoms with E-state index in [-0.39, 0.29) is 104 Å². The van der Waals surface area contributed by atoms with Crippen molar-refractivity contribution >= 4 is 68.7 Å². The number of carbonyl (C=O) groups excluding carboxylic acids is 2. The van der Waals surface area contributed by atoms with E-state index in [1.807, 2.05) is 51.3 Å². The number of halogens is 6. The topological polar surface area (TPSA) is 187 Å². The molecule has 0 bridgehead atoms. The number of rotatable bonds is 8. The third-order valence-electron chi connectivity index (χ3n) is 15.4. The minimum atomic E-state index is -0.871. The van der Waals surface area contributed by atoms with Crippen LogP contribution in [0.3, 0.4) is 0 Å². The van der Waals surface area contributed by atoms with Crippen LogP contribution in [0, 0.1) is 37.1 Å². The Labute approximate surface area is 488 Å². The van der Waals surface area contributed by atoms with E-state index in [0.717, 1.165) is 35.4 Å². The Kier molecular flexibility index (Phi) is 15.2. The minimum absolute atomic E-state index is 0.00730. The van der Waals surface area contributed by atoms with Gasteiger partial charge in [-0.3, -0.25) is 19.6 Å². The summed E-state index contributed by atoms with van der Waals surface area (Å²) in [4.78, 5) is 87.7. The van der Waals surface area contributed by atoms with Crippen molar-refractivity contribution in [1.82, 2.24) is 48.8 Å². The molecule has 0 unspecified atom stereocenters. The first-order chi connectivity index (χ1) is 40.2. The number of piperazine rings is 2. The van der Waals surface area contributed by atoms with Crippen LogP contribution < -0.4 is 30.7 Å². The summed E-state index contributed by atoms with van der Waals surface area (Å²) in [7, 11) is 0. The first-order valence-electron chi connectivity index (χ1n) is 27.0. The van der Waals surface area contributed by atoms with Crippen molar-refractivity contribution in [2.24, 2.45) is 0 Å². The number of aryl methyl sites for hydroxylation is 2. The molecule has 0 aliphatic carbocycles. The number of benzene rings is 2. The van der Waals surface area contributed by atoms with Crippen molar-refractivity contribution < 1.29 is 36.6 Å². The molecule has 8 aromatic rings. The van der Waals surface area contributed by atoms with E-state index in [0.29, 0.717) is 84.4 Å². The summed E-state index contributed by atoms with van der Waals surface area (Å²) in [5.41, 5.74) is 2.71. The fourth-order valence-corrected chi connectivity index (χ4v) is 11.9. The molecule has 84 heavy (non-hydrogen) atoms. The SMILES string of the molecule is C=CC(=O)N1CCN2c3nc(=O)n(-c4c(C)ccnc4C(C)C)c4nc(-c5ccc(F)cc5F)c(Cl)c(c34)OC[C@H]2C1.C=CC(=O)N1CCN2c3nc(=O)n(-c4c(C)ccnc4C(C)C)c4nc(-c5ccc(F)cc5F)c(Cl)c(c34)OC[C@H]2C1. The molecule has 0 radical (unpaired) electrons. The van der Waals surface area contributed by atoms with Crippen molar-refractivity contribution in [3.8, 4) is 45.4 Å². The molecule has 4 aliphatic heterocycles. The highest BCUT2D eigenvalue weighted by Crippen LogP contribution is 2.48. The summed E-state index contributed by atoms with van der Waals surface area (Å²) in [6, 6.07) is 9.03. The van der Waals surface area contributed by atoms with Crippen LogP contribution in [-0.4, -0.2) is 125 Å². The summed E-state index contributed by atoms with van der Waals surface area (Å²) < 4.78 is 73.3. The van der Waals surface area contributed by atoms with Crippen molar-refractivity contribution in [2.45, 2.75) is 65.5 Å². The van der Waals surface area contributed by atoms with Crippen LogP contribution in [0.2, 0.25) is 10.0 Å². The molecule has 2 fully saturated rings. The predicted molar refractivity (Wildman–Crippen MR) is 311 cm³/mol. The number of anilines is 2. The van der Waals surface area contributed by atoms with E-state index in [1.165, 1.54) is 33.4 Å². The van der Waals surface area contributed by atoms with E-state index >= 15 is 8.78 Å². The molecular weight excluding hydrogens is 1130 g/mol. The second kappa shape index (κ2) is 22.4. The molecule has 2 amide bonds. The number of fused-ring (bicyclic) bond motifs is 4. The van der Waals surface area contributed by atoms with Crippen LogP contribution in [0.5, 0.6) is 11.5 Å². The Hall–Kier alpha value is -8.76. The molecule has 432 valence electrons. The maximum absolute atomic E-state index is 15.1. The fourth-order valence-electron chi connectivity index (χ4n) is 11.3. The number of hydrogen-bond acceptors (Lipinski definition) is 14. The average Bonchev–Trinajstić information content (AvgIpc) is 3.79. The van der Waals surface area contributed by atoms with Crippen molar-refractivity contribution in [1.29, 1.82) is 0 Å². The largest absolute Gasteiger partial charge is 0.489 e. The van der Waals surface area contributed by atoms with Crippen LogP contribution in [0.1, 0.15) is 62.0 Å². The third kappa shape index (κ3) is 9.82. The lowest BCUT2D eigenvalue weighted by atomic mass is 10.0. The number of ether oxygens (including phenoxy) is 2. The van der Waals surface area contributed by atoms with Crippen molar-refractivity contribution in [3.05, 3.63) is 163 Å². The average molecular weight is 1190 g/mol. The van der Waals surface area contributed by atoms with E-state index < -0.39 is 34.6 Å². The van der Waals surface area contributed by atoms with Gasteiger partial charge in [0, 0.05) is 74.9 Å². The summed E-state index contributed by atoms with van der Waals surface area (Å²) >= 11 is 13.8. The Morgan fingerprint density at radius 1 is 0.607 bits per heavy atom. The van der Waals surface area contributed by atoms with Crippen LogP contribution in [0.4, 0.5) is 29.2 Å². The van der Waals surface area contributed by atoms with E-state index in [9.17, 15) is 28.0 Å². The monoisotopic (exact) mass is 1180 g/mol. The Balaban J connectivity index is 0.000000175. The molecule has 0 spiro atoms. The predicted octanol–water partition coefficient (Wildman–Crippen LogP) is 9.60. The lowest BCUT2D eigenvalue weighted by molar-refractivity contribution is -0.127. The van der Waals surface area contributed by atoms with Gasteiger partial charge in [-0.1, -0.05) is 64.1 Å². The summed E-state index contributed by atoms with van der Waals surface area (Å²) in [5, 5.41) is 0.726. The first kappa shape index (κ1) is 57.1. The van der Waals surface area contributed by atoms with Gasteiger partial charge in [-0.25, -0.2) is 46.3 Å². The lowest BCUT2D eigenvalue weighted by Crippen LogP contribution is -2.56. The van der Waals surface area contributed by atoms with Gasteiger partial charge in [-0.05, 0) is 85.4 Å². The van der Waals surface area contributed by atoms with Crippen molar-refractivity contribution in [2.75, 3.05) is 62.3 Å². The zero-order valence-corrected chi connectivity index (χ0v) is 47.9. The van der Waals surface area contributed by atoms with Crippen LogP contribution in [-0.2, 0) is 9.59 Å². The van der Waals surface area contributed by atoms with Gasteiger partial charge in [0.15, 0.2) is 22.8 Å². The van der Waals surface area contributed by atoms with Crippen LogP contribution >= 0.6 is 23.2 Å². The highest BCUT2D eigenvalue weighted by Gasteiger charge is 2.40. The molecular formula is C60H54Cl2F4N12O6. The zero-order chi connectivity index (χ0) is 59.7. The van der Waals surface area contributed by atoms with Crippen molar-refractivity contribution in [3.63, 3.8) is 0 Å². The second-order valence-corrected chi connectivity index (χ2v) is 22.0. The first-order valence-corrected chi connectivity index (χ1v) is 27.7. The van der Waals surface area contributed by atoms with Gasteiger partial charge in [-0.15, -0.1) is 0 Å². The van der Waals surface area contributed by atoms with Gasteiger partial charge >= 0.3 is 11.4 Å². The molecule has 12 rings (SSSR count). The Morgan fingerprint density at radius 2 is 1.00 bits per heavy atom. The number of pyridine rings is 4. The van der Waals surface area contributed by atoms with Gasteiger partial charge in [0.25, 0.3) is 0 Å². The van der Waals surface area contributed by atoms with E-state index in [2.05, 4.69) is 33.1 Å². The Bertz CT molecular complexity index is 3950. The maximum atomic E-state index is 15.1. The standard InChI is InChI=1S/2C30H27ClF2N6O3/c2*1-5-21(40)37-10-11-38-18(13-37)14-42-27-22-28(38)36-30(41)39(26-16(4)8-9-34-24(26)15(2)3)29(22)35-25(23(27)31)19-7-6-17(32)12-20(19)33/h2*5-9,12,15,18H,1,10-11,13-14H2,2-4H3/t2*18-/m11/s1. The normalized spacial score (nSPS) is 16.3. The van der Waals surface area contributed by atoms with Gasteiger partial charge in [0.1, 0.15) is 68.9 Å². The third-order valence-corrected chi connectivity index (χ3v) is 16.1. The quantitative estimate of drug-likeness (QED) is 0.103. The molecule has 18 nitrogen and oxygen atoms in total. The molecule has 0 N–H and O–H groups in total. The molecule has 10 heterocycles. The molecule has 24 heteroatoms. The van der Waals surface area contributed by atoms with Gasteiger partial charge < -0.3 is 29.1 Å². The molecule has 0 saturated carbocycles. The van der Waals surface area contributed by atoms with Crippen LogP contribution in [0.25, 0.3) is 56.0 Å². The number of nitrogens with zero attached hydrogens (tertiary/aromatic N) is 12. The highest BCUT2D eigenvalue weighted by molar-refractivity contribution is 6.36.